The maximum absolute atomic E-state index is 12.0. The third kappa shape index (κ3) is 3.52. The van der Waals surface area contributed by atoms with E-state index in [1.807, 2.05) is 42.5 Å². The fourth-order valence-electron chi connectivity index (χ4n) is 1.92. The third-order valence-corrected chi connectivity index (χ3v) is 3.86. The van der Waals surface area contributed by atoms with E-state index < -0.39 is 0 Å². The van der Waals surface area contributed by atoms with Gasteiger partial charge in [-0.15, -0.1) is 0 Å². The molecule has 0 aliphatic carbocycles. The Bertz CT molecular complexity index is 726. The van der Waals surface area contributed by atoms with Crippen molar-refractivity contribution in [1.82, 2.24) is 9.97 Å². The number of rotatable bonds is 4. The minimum absolute atomic E-state index is 0.0360. The minimum Gasteiger partial charge on any atom is -0.316 e. The van der Waals surface area contributed by atoms with Gasteiger partial charge >= 0.3 is 0 Å². The van der Waals surface area contributed by atoms with Crippen LogP contribution in [0.15, 0.2) is 61.1 Å². The number of benzene rings is 1. The van der Waals surface area contributed by atoms with Crippen LogP contribution in [0.3, 0.4) is 0 Å². The van der Waals surface area contributed by atoms with Crippen LogP contribution >= 0.6 is 11.3 Å². The molecule has 2 aromatic heterocycles. The molecule has 0 aliphatic heterocycles. The fraction of sp³-hybridized carbons (Fsp3) is 0.0625. The second kappa shape index (κ2) is 6.28. The number of hydrogen-bond donors (Lipinski definition) is 1. The number of thiazole rings is 1. The fourth-order valence-corrected chi connectivity index (χ4v) is 2.76. The number of carbonyl (C=O) groups excluding carboxylic acids is 1. The molecule has 4 nitrogen and oxygen atoms in total. The van der Waals surface area contributed by atoms with Crippen LogP contribution in [0.4, 0.5) is 5.00 Å². The van der Waals surface area contributed by atoms with Crippen molar-refractivity contribution >= 4 is 22.2 Å². The average Bonchev–Trinajstić information content (AvgIpc) is 2.97. The van der Waals surface area contributed by atoms with E-state index in [2.05, 4.69) is 15.3 Å². The van der Waals surface area contributed by atoms with Gasteiger partial charge in [-0.1, -0.05) is 41.7 Å². The first-order valence-electron chi connectivity index (χ1n) is 6.51. The third-order valence-electron chi connectivity index (χ3n) is 2.90. The van der Waals surface area contributed by atoms with E-state index in [1.165, 1.54) is 11.3 Å². The second-order valence-corrected chi connectivity index (χ2v) is 5.51. The zero-order valence-corrected chi connectivity index (χ0v) is 12.0. The topological polar surface area (TPSA) is 54.9 Å². The lowest BCUT2D eigenvalue weighted by molar-refractivity contribution is -0.115. The van der Waals surface area contributed by atoms with Gasteiger partial charge < -0.3 is 5.32 Å². The molecule has 5 heteroatoms. The van der Waals surface area contributed by atoms with E-state index in [0.29, 0.717) is 6.42 Å². The van der Waals surface area contributed by atoms with Crippen molar-refractivity contribution in [2.24, 2.45) is 0 Å². The summed E-state index contributed by atoms with van der Waals surface area (Å²) in [5.41, 5.74) is 1.99. The van der Waals surface area contributed by atoms with Crippen LogP contribution in [0, 0.1) is 0 Å². The molecule has 0 saturated heterocycles. The van der Waals surface area contributed by atoms with E-state index in [0.717, 1.165) is 21.1 Å². The number of nitrogens with zero attached hydrogens (tertiary/aromatic N) is 2. The van der Waals surface area contributed by atoms with Crippen molar-refractivity contribution in [3.63, 3.8) is 0 Å². The van der Waals surface area contributed by atoms with Crippen LogP contribution in [0.2, 0.25) is 0 Å². The lowest BCUT2D eigenvalue weighted by Gasteiger charge is -2.01. The van der Waals surface area contributed by atoms with E-state index >= 15 is 0 Å². The number of nitrogens with one attached hydrogen (secondary N) is 1. The number of carbonyl (C=O) groups is 1. The Kier molecular flexibility index (Phi) is 4.02. The van der Waals surface area contributed by atoms with Crippen molar-refractivity contribution in [3.8, 4) is 10.6 Å². The highest BCUT2D eigenvalue weighted by Gasteiger charge is 2.08. The number of amides is 1. The van der Waals surface area contributed by atoms with Crippen LogP contribution in [-0.2, 0) is 11.2 Å². The van der Waals surface area contributed by atoms with Gasteiger partial charge in [0.05, 0.1) is 12.6 Å². The van der Waals surface area contributed by atoms with Gasteiger partial charge in [0, 0.05) is 18.0 Å². The van der Waals surface area contributed by atoms with Crippen molar-refractivity contribution in [2.75, 3.05) is 5.32 Å². The summed E-state index contributed by atoms with van der Waals surface area (Å²) in [6, 6.07) is 13.5. The van der Waals surface area contributed by atoms with Crippen LogP contribution < -0.4 is 5.32 Å². The largest absolute Gasteiger partial charge is 0.316 e. The van der Waals surface area contributed by atoms with Gasteiger partial charge in [0.25, 0.3) is 0 Å². The molecule has 0 saturated carbocycles. The average molecular weight is 295 g/mol. The first-order valence-corrected chi connectivity index (χ1v) is 7.33. The maximum Gasteiger partial charge on any atom is 0.229 e. The Morgan fingerprint density at radius 1 is 1.10 bits per heavy atom. The van der Waals surface area contributed by atoms with Gasteiger partial charge in [-0.25, -0.2) is 4.98 Å². The van der Waals surface area contributed by atoms with Crippen molar-refractivity contribution in [1.29, 1.82) is 0 Å². The summed E-state index contributed by atoms with van der Waals surface area (Å²) >= 11 is 1.45. The molecule has 3 rings (SSSR count). The van der Waals surface area contributed by atoms with Gasteiger partial charge in [0.2, 0.25) is 5.91 Å². The monoisotopic (exact) mass is 295 g/mol. The smallest absolute Gasteiger partial charge is 0.229 e. The Labute approximate surface area is 126 Å². The molecule has 0 atom stereocenters. The van der Waals surface area contributed by atoms with E-state index in [1.54, 1.807) is 18.6 Å². The van der Waals surface area contributed by atoms with Gasteiger partial charge in [-0.2, -0.15) is 0 Å². The molecule has 0 aliphatic rings. The summed E-state index contributed by atoms with van der Waals surface area (Å²) in [6.07, 6.45) is 5.50. The highest BCUT2D eigenvalue weighted by Crippen LogP contribution is 2.27. The SMILES string of the molecule is O=C(Cc1ccccc1)Nc1cnc(-c2ccncc2)s1. The molecule has 1 N–H and O–H groups in total. The molecule has 2 heterocycles. The molecule has 0 spiro atoms. The van der Waals surface area contributed by atoms with E-state index in [9.17, 15) is 4.79 Å². The summed E-state index contributed by atoms with van der Waals surface area (Å²) < 4.78 is 0. The Morgan fingerprint density at radius 2 is 1.86 bits per heavy atom. The normalized spacial score (nSPS) is 10.3. The van der Waals surface area contributed by atoms with Gasteiger partial charge in [0.15, 0.2) is 0 Å². The summed E-state index contributed by atoms with van der Waals surface area (Å²) in [5, 5.41) is 4.50. The number of pyridine rings is 1. The highest BCUT2D eigenvalue weighted by atomic mass is 32.1. The molecule has 104 valence electrons. The molecule has 1 amide bonds. The second-order valence-electron chi connectivity index (χ2n) is 4.48. The van der Waals surface area contributed by atoms with Gasteiger partial charge in [-0.05, 0) is 17.7 Å². The first kappa shape index (κ1) is 13.5. The van der Waals surface area contributed by atoms with E-state index in [4.69, 9.17) is 0 Å². The summed E-state index contributed by atoms with van der Waals surface area (Å²) in [6.45, 7) is 0. The number of anilines is 1. The standard InChI is InChI=1S/C16H13N3OS/c20-14(10-12-4-2-1-3-5-12)19-15-11-18-16(21-15)13-6-8-17-9-7-13/h1-9,11H,10H2,(H,19,20). The van der Waals surface area contributed by atoms with Crippen LogP contribution in [-0.4, -0.2) is 15.9 Å². The van der Waals surface area contributed by atoms with Crippen LogP contribution in [0.5, 0.6) is 0 Å². The molecule has 0 radical (unpaired) electrons. The molecular formula is C16H13N3OS. The molecule has 0 bridgehead atoms. The molecule has 3 aromatic rings. The lowest BCUT2D eigenvalue weighted by atomic mass is 10.1. The maximum atomic E-state index is 12.0. The minimum atomic E-state index is -0.0360. The summed E-state index contributed by atoms with van der Waals surface area (Å²) in [7, 11) is 0. The highest BCUT2D eigenvalue weighted by molar-refractivity contribution is 7.19. The Balaban J connectivity index is 1.66. The van der Waals surface area contributed by atoms with Crippen molar-refractivity contribution < 1.29 is 4.79 Å². The molecule has 0 fully saturated rings. The molecular weight excluding hydrogens is 282 g/mol. The van der Waals surface area contributed by atoms with Gasteiger partial charge in [-0.3, -0.25) is 9.78 Å². The van der Waals surface area contributed by atoms with Crippen molar-refractivity contribution in [3.05, 3.63) is 66.6 Å². The Hall–Kier alpha value is -2.53. The quantitative estimate of drug-likeness (QED) is 0.802. The summed E-state index contributed by atoms with van der Waals surface area (Å²) in [4.78, 5) is 20.3. The predicted molar refractivity (Wildman–Crippen MR) is 84.1 cm³/mol. The van der Waals surface area contributed by atoms with Crippen LogP contribution in [0.25, 0.3) is 10.6 Å². The zero-order valence-electron chi connectivity index (χ0n) is 11.2. The number of hydrogen-bond acceptors (Lipinski definition) is 4. The zero-order chi connectivity index (χ0) is 14.5. The van der Waals surface area contributed by atoms with Crippen molar-refractivity contribution in [2.45, 2.75) is 6.42 Å². The predicted octanol–water partition coefficient (Wildman–Crippen LogP) is 3.39. The van der Waals surface area contributed by atoms with Gasteiger partial charge in [0.1, 0.15) is 10.0 Å². The molecule has 0 unspecified atom stereocenters. The number of aromatic nitrogens is 2. The Morgan fingerprint density at radius 3 is 2.62 bits per heavy atom. The van der Waals surface area contributed by atoms with E-state index in [-0.39, 0.29) is 5.91 Å². The summed E-state index contributed by atoms with van der Waals surface area (Å²) in [5.74, 6) is -0.0360. The van der Waals surface area contributed by atoms with Crippen LogP contribution in [0.1, 0.15) is 5.56 Å². The first-order chi connectivity index (χ1) is 10.3. The lowest BCUT2D eigenvalue weighted by Crippen LogP contribution is -2.13. The molecule has 1 aromatic carbocycles. The molecule has 21 heavy (non-hydrogen) atoms.